The zero-order valence-electron chi connectivity index (χ0n) is 89.1. The van der Waals surface area contributed by atoms with Gasteiger partial charge in [0.15, 0.2) is 23.3 Å². The second-order valence-electron chi connectivity index (χ2n) is 48.2. The van der Waals surface area contributed by atoms with E-state index >= 15 is 35.1 Å². The van der Waals surface area contributed by atoms with Crippen LogP contribution in [0.4, 0.5) is 103 Å². The van der Waals surface area contributed by atoms with Gasteiger partial charge in [0.2, 0.25) is 0 Å². The number of benzene rings is 20. The van der Waals surface area contributed by atoms with Crippen LogP contribution in [0.25, 0.3) is 109 Å². The van der Waals surface area contributed by atoms with Crippen LogP contribution in [-0.2, 0) is 21.7 Å². The molecule has 20 rings (SSSR count). The monoisotopic (exact) mass is 2030 g/mol. The summed E-state index contributed by atoms with van der Waals surface area (Å²) in [5, 5.41) is 16.0. The SMILES string of the molecule is CC(C)(C)c1ccc(-c2cc(F)cc(F)c2N(c2ccc([Si](C)(C)C)cc2)c2ccc3ccc4c(N(c5ccc([Si](C)(C)C)cc5)c5c(F)cc(F)cc5-c5ccc(C(C)(C)C)cc5)ccc5ccc2c3c54)cc1.CC(C)(C)c1cccc(-c2cc(F)cc(F)c2N(c2ccc([Si](C)(C)C)cc2)c2ccc3ccc4c(N(c5ccc([Si](C)(C)C)cc5)c5c(F)cc(F)cc5-c5cccc(C(C)(C)C)c5)ccc5ccc2c3c54)c1. The number of halogens is 8. The van der Waals surface area contributed by atoms with Crippen molar-refractivity contribution in [3.8, 4) is 44.5 Å². The normalized spacial score (nSPS) is 12.6. The summed E-state index contributed by atoms with van der Waals surface area (Å²) in [6.45, 7) is 53.2. The second kappa shape index (κ2) is 38.3. The van der Waals surface area contributed by atoms with E-state index in [9.17, 15) is 0 Å². The van der Waals surface area contributed by atoms with Crippen LogP contribution in [0.2, 0.25) is 78.6 Å². The minimum Gasteiger partial charge on any atom is -0.307 e. The number of nitrogens with zero attached hydrogens (tertiary/aromatic N) is 4. The minimum absolute atomic E-state index is 0.122. The van der Waals surface area contributed by atoms with Crippen molar-refractivity contribution in [3.05, 3.63) is 409 Å². The van der Waals surface area contributed by atoms with Crippen molar-refractivity contribution in [1.82, 2.24) is 0 Å². The number of hydrogen-bond acceptors (Lipinski definition) is 4. The van der Waals surface area contributed by atoms with Gasteiger partial charge in [0.25, 0.3) is 0 Å². The summed E-state index contributed by atoms with van der Waals surface area (Å²) in [7, 11) is -6.97. The van der Waals surface area contributed by atoms with E-state index in [4.69, 9.17) is 0 Å². The molecule has 16 heteroatoms. The minimum atomic E-state index is -1.75. The fraction of sp³-hybridized carbons (Fsp3) is 0.212. The van der Waals surface area contributed by atoms with Crippen LogP contribution in [0.3, 0.4) is 0 Å². The third kappa shape index (κ3) is 19.8. The van der Waals surface area contributed by atoms with E-state index < -0.39 is 78.8 Å². The Labute approximate surface area is 870 Å². The summed E-state index contributed by atoms with van der Waals surface area (Å²) < 4.78 is 132. The molecule has 0 aliphatic rings. The number of anilines is 12. The van der Waals surface area contributed by atoms with E-state index in [1.54, 1.807) is 0 Å². The predicted molar refractivity (Wildman–Crippen MR) is 627 cm³/mol. The van der Waals surface area contributed by atoms with Gasteiger partial charge in [0.05, 0.1) is 77.8 Å². The molecule has 0 aromatic heterocycles. The molecular formula is C132H128F8N4Si4. The fourth-order valence-corrected chi connectivity index (χ4v) is 25.6. The summed E-state index contributed by atoms with van der Waals surface area (Å²) in [5.41, 5.74) is 14.8. The summed E-state index contributed by atoms with van der Waals surface area (Å²) >= 11 is 0. The molecule has 0 saturated heterocycles. The third-order valence-corrected chi connectivity index (χ3v) is 37.6. The molecule has 20 aromatic carbocycles. The van der Waals surface area contributed by atoms with Gasteiger partial charge in [-0.2, -0.15) is 0 Å². The van der Waals surface area contributed by atoms with Crippen LogP contribution in [0.15, 0.2) is 340 Å². The molecule has 0 bridgehead atoms. The van der Waals surface area contributed by atoms with Crippen molar-refractivity contribution in [3.63, 3.8) is 0 Å². The summed E-state index contributed by atoms with van der Waals surface area (Å²) in [6.07, 6.45) is 0. The van der Waals surface area contributed by atoms with Crippen LogP contribution in [0.5, 0.6) is 0 Å². The molecule has 0 heterocycles. The highest BCUT2D eigenvalue weighted by atomic mass is 28.3. The second-order valence-corrected chi connectivity index (χ2v) is 68.5. The molecule has 20 aromatic rings. The molecule has 0 N–H and O–H groups in total. The number of hydrogen-bond donors (Lipinski definition) is 0. The zero-order valence-corrected chi connectivity index (χ0v) is 93.1. The van der Waals surface area contributed by atoms with Crippen LogP contribution >= 0.6 is 0 Å². The molecule has 0 aliphatic carbocycles. The lowest BCUT2D eigenvalue weighted by atomic mass is 9.85. The topological polar surface area (TPSA) is 13.0 Å². The Morgan fingerprint density at radius 2 is 0.392 bits per heavy atom. The molecule has 0 amide bonds. The quantitative estimate of drug-likeness (QED) is 0.0428. The molecule has 4 nitrogen and oxygen atoms in total. The zero-order chi connectivity index (χ0) is 106. The Morgan fingerprint density at radius 3 is 0.595 bits per heavy atom. The average Bonchev–Trinajstić information content (AvgIpc) is 0.715. The lowest BCUT2D eigenvalue weighted by Gasteiger charge is -2.32. The van der Waals surface area contributed by atoms with Gasteiger partial charge >= 0.3 is 0 Å². The van der Waals surface area contributed by atoms with E-state index in [0.717, 1.165) is 134 Å². The summed E-state index contributed by atoms with van der Waals surface area (Å²) in [5.74, 6) is -5.43. The maximum atomic E-state index is 17.3. The molecule has 0 radical (unpaired) electrons. The van der Waals surface area contributed by atoms with Crippen molar-refractivity contribution in [2.75, 3.05) is 19.6 Å². The van der Waals surface area contributed by atoms with Crippen LogP contribution in [0, 0.1) is 46.5 Å². The van der Waals surface area contributed by atoms with Gasteiger partial charge in [-0.15, -0.1) is 0 Å². The van der Waals surface area contributed by atoms with Gasteiger partial charge in [-0.05, 0) is 206 Å². The van der Waals surface area contributed by atoms with E-state index in [-0.39, 0.29) is 44.4 Å². The Balaban J connectivity index is 0.000000186. The highest BCUT2D eigenvalue weighted by Crippen LogP contribution is 2.56. The maximum absolute atomic E-state index is 17.3. The van der Waals surface area contributed by atoms with Crippen molar-refractivity contribution >= 4 is 186 Å². The molecule has 0 aliphatic heterocycles. The smallest absolute Gasteiger partial charge is 0.150 e. The first-order chi connectivity index (χ1) is 69.7. The van der Waals surface area contributed by atoms with Crippen LogP contribution in [0.1, 0.15) is 105 Å². The van der Waals surface area contributed by atoms with Gasteiger partial charge in [0, 0.05) is 90.8 Å². The molecular weight excluding hydrogens is 1910 g/mol. The fourth-order valence-electron chi connectivity index (χ4n) is 21.0. The Morgan fingerprint density at radius 1 is 0.189 bits per heavy atom. The Kier molecular flexibility index (Phi) is 26.5. The van der Waals surface area contributed by atoms with Crippen molar-refractivity contribution in [1.29, 1.82) is 0 Å². The predicted octanol–water partition coefficient (Wildman–Crippen LogP) is 38.2. The number of rotatable bonds is 20. The molecule has 0 unspecified atom stereocenters. The molecule has 0 saturated carbocycles. The molecule has 148 heavy (non-hydrogen) atoms. The van der Waals surface area contributed by atoms with Crippen LogP contribution in [-0.4, -0.2) is 32.3 Å². The molecule has 0 fully saturated rings. The standard InChI is InChI=1S/2C66H64F4N2Si2/c1-65(2,3)45-21-13-41(14-22-45)55-37-47(67)39-57(69)63(55)71(49-25-29-51(30-26-49)73(7,8)9)59-35-19-43-18-34-54-60(36-20-44-17-33-53(59)61(43)62(44)54)72(50-27-31-52(32-28-50)74(10,11)12)64-56(38-48(68)40-58(64)70)42-15-23-46(24-16-42)66(4,5)6;1-65(2,3)45-17-13-15-43(35-45)55-37-47(67)39-57(69)63(55)71(49-23-27-51(28-24-49)73(7,8)9)59-33-21-41-20-32-54-60(34-22-42-19-31-53(59)61(41)62(42)54)72(50-25-29-52(30-26-50)74(10,11)12)64-56(38-48(68)40-58(64)70)44-16-14-18-46(36-44)66(4,5)6/h2*13-40H,1-12H3. The van der Waals surface area contributed by atoms with Crippen molar-refractivity contribution in [2.45, 2.75) is 183 Å². The van der Waals surface area contributed by atoms with Crippen molar-refractivity contribution in [2.24, 2.45) is 0 Å². The Hall–Kier alpha value is -14.0. The van der Waals surface area contributed by atoms with Crippen LogP contribution < -0.4 is 40.3 Å². The highest BCUT2D eigenvalue weighted by Gasteiger charge is 2.36. The molecule has 0 spiro atoms. The Bertz CT molecular complexity index is 7990. The van der Waals surface area contributed by atoms with Gasteiger partial charge in [-0.25, -0.2) is 35.1 Å². The largest absolute Gasteiger partial charge is 0.307 e. The molecule has 748 valence electrons. The average molecular weight is 2030 g/mol. The van der Waals surface area contributed by atoms with Gasteiger partial charge in [-0.3, -0.25) is 0 Å². The molecule has 0 atom stereocenters. The van der Waals surface area contributed by atoms with Gasteiger partial charge in [-0.1, -0.05) is 401 Å². The summed E-state index contributed by atoms with van der Waals surface area (Å²) in [4.78, 5) is 7.79. The lowest BCUT2D eigenvalue weighted by Crippen LogP contribution is -2.37. The summed E-state index contributed by atoms with van der Waals surface area (Å²) in [6, 6.07) is 108. The van der Waals surface area contributed by atoms with Crippen molar-refractivity contribution < 1.29 is 35.1 Å². The van der Waals surface area contributed by atoms with E-state index in [2.05, 4.69) is 344 Å². The van der Waals surface area contributed by atoms with Gasteiger partial charge < -0.3 is 19.6 Å². The van der Waals surface area contributed by atoms with E-state index in [1.165, 1.54) is 45.0 Å². The maximum Gasteiger partial charge on any atom is 0.150 e. The van der Waals surface area contributed by atoms with E-state index in [1.807, 2.05) is 129 Å². The van der Waals surface area contributed by atoms with E-state index in [0.29, 0.717) is 67.3 Å². The van der Waals surface area contributed by atoms with Gasteiger partial charge in [0.1, 0.15) is 23.3 Å². The first kappa shape index (κ1) is 103. The third-order valence-electron chi connectivity index (χ3n) is 29.4. The first-order valence-corrected chi connectivity index (χ1v) is 65.2. The highest BCUT2D eigenvalue weighted by molar-refractivity contribution is 6.90. The lowest BCUT2D eigenvalue weighted by molar-refractivity contribution is 0.584. The first-order valence-electron chi connectivity index (χ1n) is 51.2.